The summed E-state index contributed by atoms with van der Waals surface area (Å²) in [6, 6.07) is 7.92. The molecule has 0 spiro atoms. The van der Waals surface area contributed by atoms with Crippen molar-refractivity contribution < 1.29 is 9.26 Å². The molecule has 1 aromatic heterocycles. The quantitative estimate of drug-likeness (QED) is 0.856. The first-order chi connectivity index (χ1) is 9.17. The van der Waals surface area contributed by atoms with E-state index in [1.165, 1.54) is 0 Å². The predicted octanol–water partition coefficient (Wildman–Crippen LogP) is 2.98. The van der Waals surface area contributed by atoms with Crippen LogP contribution < -0.4 is 10.1 Å². The van der Waals surface area contributed by atoms with E-state index in [1.54, 1.807) is 0 Å². The zero-order valence-electron chi connectivity index (χ0n) is 11.3. The Kier molecular flexibility index (Phi) is 6.98. The maximum absolute atomic E-state index is 5.56. The molecule has 1 heterocycles. The third-order valence-corrected chi connectivity index (χ3v) is 3.20. The Hall–Kier alpha value is -1.11. The van der Waals surface area contributed by atoms with Gasteiger partial charge in [0, 0.05) is 16.9 Å². The number of likely N-dealkylation sites (N-methyl/N-ethyl adjacent to an activating group) is 1. The molecule has 0 amide bonds. The summed E-state index contributed by atoms with van der Waals surface area (Å²) < 4.78 is 11.7. The van der Waals surface area contributed by atoms with E-state index in [9.17, 15) is 0 Å². The molecule has 0 saturated heterocycles. The number of rotatable bonds is 6. The van der Waals surface area contributed by atoms with E-state index in [2.05, 4.69) is 38.3 Å². The van der Waals surface area contributed by atoms with Gasteiger partial charge >= 0.3 is 0 Å². The molecule has 0 bridgehead atoms. The third kappa shape index (κ3) is 5.11. The lowest BCUT2D eigenvalue weighted by molar-refractivity contribution is 0.242. The van der Waals surface area contributed by atoms with Gasteiger partial charge in [-0.3, -0.25) is 0 Å². The zero-order chi connectivity index (χ0) is 13.7. The van der Waals surface area contributed by atoms with Gasteiger partial charge in [0.15, 0.2) is 12.4 Å². The minimum absolute atomic E-state index is 0. The summed E-state index contributed by atoms with van der Waals surface area (Å²) in [6.07, 6.45) is 0.734. The van der Waals surface area contributed by atoms with Crippen LogP contribution in [-0.2, 0) is 13.0 Å². The molecule has 5 nitrogen and oxygen atoms in total. The summed E-state index contributed by atoms with van der Waals surface area (Å²) in [7, 11) is 1.91. The number of benzene rings is 1. The average molecular weight is 363 g/mol. The van der Waals surface area contributed by atoms with Crippen LogP contribution in [0.25, 0.3) is 0 Å². The van der Waals surface area contributed by atoms with Gasteiger partial charge in [-0.25, -0.2) is 0 Å². The van der Waals surface area contributed by atoms with E-state index >= 15 is 0 Å². The maximum Gasteiger partial charge on any atom is 0.264 e. The molecule has 7 heteroatoms. The predicted molar refractivity (Wildman–Crippen MR) is 82.2 cm³/mol. The smallest absolute Gasteiger partial charge is 0.264 e. The van der Waals surface area contributed by atoms with Gasteiger partial charge in [0.25, 0.3) is 5.89 Å². The largest absolute Gasteiger partial charge is 0.484 e. The Morgan fingerprint density at radius 3 is 2.70 bits per heavy atom. The van der Waals surface area contributed by atoms with Crippen molar-refractivity contribution in [1.82, 2.24) is 15.5 Å². The Balaban J connectivity index is 0.00000200. The van der Waals surface area contributed by atoms with Gasteiger partial charge in [-0.15, -0.1) is 12.4 Å². The number of hydrogen-bond donors (Lipinski definition) is 1. The molecule has 1 aromatic carbocycles. The normalized spacial score (nSPS) is 11.8. The van der Waals surface area contributed by atoms with Crippen molar-refractivity contribution >= 4 is 28.3 Å². The van der Waals surface area contributed by atoms with Gasteiger partial charge in [0.05, 0.1) is 0 Å². The fourth-order valence-electron chi connectivity index (χ4n) is 1.48. The minimum atomic E-state index is 0. The molecule has 0 saturated carbocycles. The van der Waals surface area contributed by atoms with Crippen LogP contribution >= 0.6 is 28.3 Å². The van der Waals surface area contributed by atoms with Crippen LogP contribution in [-0.4, -0.2) is 23.2 Å². The van der Waals surface area contributed by atoms with E-state index < -0.39 is 0 Å². The summed E-state index contributed by atoms with van der Waals surface area (Å²) in [6.45, 7) is 2.34. The highest BCUT2D eigenvalue weighted by Crippen LogP contribution is 2.17. The van der Waals surface area contributed by atoms with Crippen LogP contribution in [0.1, 0.15) is 18.6 Å². The second kappa shape index (κ2) is 8.24. The molecule has 110 valence electrons. The van der Waals surface area contributed by atoms with Crippen molar-refractivity contribution in [2.24, 2.45) is 0 Å². The first-order valence-electron chi connectivity index (χ1n) is 6.04. The van der Waals surface area contributed by atoms with Crippen molar-refractivity contribution in [1.29, 1.82) is 0 Å². The van der Waals surface area contributed by atoms with E-state index in [1.807, 2.05) is 31.3 Å². The fourth-order valence-corrected chi connectivity index (χ4v) is 1.75. The lowest BCUT2D eigenvalue weighted by atomic mass is 10.2. The van der Waals surface area contributed by atoms with Crippen molar-refractivity contribution in [3.63, 3.8) is 0 Å². The van der Waals surface area contributed by atoms with Gasteiger partial charge in [0.1, 0.15) is 5.75 Å². The first kappa shape index (κ1) is 16.9. The molecule has 0 fully saturated rings. The number of hydrogen-bond acceptors (Lipinski definition) is 5. The molecular weight excluding hydrogens is 346 g/mol. The molecule has 20 heavy (non-hydrogen) atoms. The van der Waals surface area contributed by atoms with Crippen molar-refractivity contribution in [2.75, 3.05) is 7.05 Å². The summed E-state index contributed by atoms with van der Waals surface area (Å²) in [4.78, 5) is 4.28. The lowest BCUT2D eigenvalue weighted by Crippen LogP contribution is -2.24. The van der Waals surface area contributed by atoms with E-state index in [0.29, 0.717) is 17.8 Å². The van der Waals surface area contributed by atoms with Crippen LogP contribution in [0.2, 0.25) is 0 Å². The molecule has 1 N–H and O–H groups in total. The van der Waals surface area contributed by atoms with Gasteiger partial charge in [-0.1, -0.05) is 21.1 Å². The summed E-state index contributed by atoms with van der Waals surface area (Å²) in [5.74, 6) is 1.95. The van der Waals surface area contributed by atoms with Crippen molar-refractivity contribution in [3.8, 4) is 5.75 Å². The standard InChI is InChI=1S/C13H16BrN3O2.ClH/c1-9(15-2)7-12-16-13(19-17-12)8-18-11-5-3-10(14)4-6-11;/h3-6,9,15H,7-8H2,1-2H3;1H. The summed E-state index contributed by atoms with van der Waals surface area (Å²) >= 11 is 3.37. The first-order valence-corrected chi connectivity index (χ1v) is 6.84. The minimum Gasteiger partial charge on any atom is -0.484 e. The molecule has 2 rings (SSSR count). The molecule has 0 aliphatic carbocycles. The average Bonchev–Trinajstić information content (AvgIpc) is 2.85. The highest BCUT2D eigenvalue weighted by molar-refractivity contribution is 9.10. The SMILES string of the molecule is CNC(C)Cc1noc(COc2ccc(Br)cc2)n1.Cl. The van der Waals surface area contributed by atoms with Gasteiger partial charge in [-0.2, -0.15) is 4.98 Å². The Labute approximate surface area is 132 Å². The van der Waals surface area contributed by atoms with E-state index in [0.717, 1.165) is 16.6 Å². The Bertz CT molecular complexity index is 519. The Morgan fingerprint density at radius 1 is 1.35 bits per heavy atom. The second-order valence-electron chi connectivity index (χ2n) is 4.24. The highest BCUT2D eigenvalue weighted by atomic mass is 79.9. The van der Waals surface area contributed by atoms with Gasteiger partial charge < -0.3 is 14.6 Å². The van der Waals surface area contributed by atoms with Gasteiger partial charge in [0.2, 0.25) is 0 Å². The lowest BCUT2D eigenvalue weighted by Gasteiger charge is -2.04. The Morgan fingerprint density at radius 2 is 2.05 bits per heavy atom. The maximum atomic E-state index is 5.56. The zero-order valence-corrected chi connectivity index (χ0v) is 13.7. The molecule has 2 aromatic rings. The van der Waals surface area contributed by atoms with E-state index in [4.69, 9.17) is 9.26 Å². The molecule has 1 unspecified atom stereocenters. The van der Waals surface area contributed by atoms with Crippen molar-refractivity contribution in [3.05, 3.63) is 40.5 Å². The highest BCUT2D eigenvalue weighted by Gasteiger charge is 2.09. The fraction of sp³-hybridized carbons (Fsp3) is 0.385. The third-order valence-electron chi connectivity index (χ3n) is 2.67. The number of nitrogens with one attached hydrogen (secondary N) is 1. The van der Waals surface area contributed by atoms with Gasteiger partial charge in [-0.05, 0) is 38.2 Å². The van der Waals surface area contributed by atoms with Crippen molar-refractivity contribution in [2.45, 2.75) is 26.0 Å². The summed E-state index contributed by atoms with van der Waals surface area (Å²) in [5, 5.41) is 7.05. The molecular formula is C13H17BrClN3O2. The molecule has 0 radical (unpaired) electrons. The van der Waals surface area contributed by atoms with Crippen LogP contribution in [0.15, 0.2) is 33.3 Å². The number of nitrogens with zero attached hydrogens (tertiary/aromatic N) is 2. The molecule has 0 aliphatic heterocycles. The molecule has 1 atom stereocenters. The van der Waals surface area contributed by atoms with E-state index in [-0.39, 0.29) is 19.0 Å². The number of ether oxygens (including phenoxy) is 1. The van der Waals surface area contributed by atoms with Crippen LogP contribution in [0.5, 0.6) is 5.75 Å². The number of aromatic nitrogens is 2. The second-order valence-corrected chi connectivity index (χ2v) is 5.16. The van der Waals surface area contributed by atoms with Crippen LogP contribution in [0, 0.1) is 0 Å². The topological polar surface area (TPSA) is 60.2 Å². The number of halogens is 2. The van der Waals surface area contributed by atoms with Crippen LogP contribution in [0.3, 0.4) is 0 Å². The van der Waals surface area contributed by atoms with Crippen LogP contribution in [0.4, 0.5) is 0 Å². The monoisotopic (exact) mass is 361 g/mol. The molecule has 0 aliphatic rings. The summed E-state index contributed by atoms with van der Waals surface area (Å²) in [5.41, 5.74) is 0.